The summed E-state index contributed by atoms with van der Waals surface area (Å²) in [5.74, 6) is 1.21. The predicted octanol–water partition coefficient (Wildman–Crippen LogP) is 0.590. The van der Waals surface area contributed by atoms with E-state index < -0.39 is 9.84 Å². The third-order valence-electron chi connectivity index (χ3n) is 4.89. The van der Waals surface area contributed by atoms with Gasteiger partial charge in [-0.3, -0.25) is 9.80 Å². The Kier molecular flexibility index (Phi) is 3.41. The highest BCUT2D eigenvalue weighted by molar-refractivity contribution is 7.91. The highest BCUT2D eigenvalue weighted by Gasteiger charge is 2.37. The number of fused-ring (bicyclic) bond motifs is 1. The summed E-state index contributed by atoms with van der Waals surface area (Å²) in [4.78, 5) is 5.16. The number of hydrogen-bond acceptors (Lipinski definition) is 4. The third kappa shape index (κ3) is 2.58. The molecule has 0 aliphatic carbocycles. The molecule has 3 aliphatic heterocycles. The average molecular weight is 272 g/mol. The fourth-order valence-electron chi connectivity index (χ4n) is 3.85. The van der Waals surface area contributed by atoms with Crippen molar-refractivity contribution < 1.29 is 8.42 Å². The number of nitrogens with zero attached hydrogens (tertiary/aromatic N) is 2. The molecule has 0 amide bonds. The van der Waals surface area contributed by atoms with Crippen LogP contribution in [0.15, 0.2) is 0 Å². The van der Waals surface area contributed by atoms with Gasteiger partial charge in [-0.2, -0.15) is 0 Å². The molecule has 0 bridgehead atoms. The lowest BCUT2D eigenvalue weighted by atomic mass is 10.0. The molecule has 0 aromatic rings. The summed E-state index contributed by atoms with van der Waals surface area (Å²) in [5, 5.41) is 0. The van der Waals surface area contributed by atoms with Crippen molar-refractivity contribution in [3.63, 3.8) is 0 Å². The predicted molar refractivity (Wildman–Crippen MR) is 72.4 cm³/mol. The van der Waals surface area contributed by atoms with Crippen molar-refractivity contribution in [1.82, 2.24) is 9.80 Å². The van der Waals surface area contributed by atoms with Crippen LogP contribution < -0.4 is 0 Å². The summed E-state index contributed by atoms with van der Waals surface area (Å²) in [5.41, 5.74) is 0. The van der Waals surface area contributed by atoms with E-state index in [0.29, 0.717) is 23.5 Å². The Morgan fingerprint density at radius 2 is 2.06 bits per heavy atom. The number of rotatable bonds is 2. The summed E-state index contributed by atoms with van der Waals surface area (Å²) >= 11 is 0. The summed E-state index contributed by atoms with van der Waals surface area (Å²) in [7, 11) is -2.72. The van der Waals surface area contributed by atoms with Gasteiger partial charge in [-0.25, -0.2) is 8.42 Å². The van der Waals surface area contributed by atoms with Crippen LogP contribution in [0.3, 0.4) is 0 Å². The van der Waals surface area contributed by atoms with Crippen LogP contribution in [0.1, 0.15) is 26.2 Å². The second-order valence-corrected chi connectivity index (χ2v) is 8.59. The molecule has 0 spiro atoms. The van der Waals surface area contributed by atoms with Gasteiger partial charge in [-0.1, -0.05) is 0 Å². The Bertz CT molecular complexity index is 409. The van der Waals surface area contributed by atoms with Gasteiger partial charge in [0.2, 0.25) is 0 Å². The first kappa shape index (κ1) is 12.9. The number of hydrogen-bond donors (Lipinski definition) is 0. The Morgan fingerprint density at radius 3 is 2.78 bits per heavy atom. The van der Waals surface area contributed by atoms with E-state index in [1.807, 2.05) is 0 Å². The minimum Gasteiger partial charge on any atom is -0.298 e. The van der Waals surface area contributed by atoms with Crippen molar-refractivity contribution in [1.29, 1.82) is 0 Å². The van der Waals surface area contributed by atoms with E-state index in [1.165, 1.54) is 25.9 Å². The van der Waals surface area contributed by atoms with Crippen molar-refractivity contribution in [2.45, 2.75) is 38.3 Å². The Morgan fingerprint density at radius 1 is 1.22 bits per heavy atom. The fraction of sp³-hybridized carbons (Fsp3) is 1.00. The van der Waals surface area contributed by atoms with E-state index in [4.69, 9.17) is 0 Å². The van der Waals surface area contributed by atoms with Gasteiger partial charge in [0, 0.05) is 31.7 Å². The fourth-order valence-corrected chi connectivity index (χ4v) is 5.70. The summed E-state index contributed by atoms with van der Waals surface area (Å²) in [6, 6.07) is 1.32. The number of piperazine rings is 1. The van der Waals surface area contributed by atoms with Gasteiger partial charge in [-0.05, 0) is 38.6 Å². The molecular weight excluding hydrogens is 248 g/mol. The maximum atomic E-state index is 11.5. The molecule has 0 N–H and O–H groups in total. The molecule has 3 fully saturated rings. The molecule has 4 nitrogen and oxygen atoms in total. The quantitative estimate of drug-likeness (QED) is 0.738. The van der Waals surface area contributed by atoms with Crippen molar-refractivity contribution in [3.05, 3.63) is 0 Å². The van der Waals surface area contributed by atoms with Gasteiger partial charge in [0.1, 0.15) is 0 Å². The van der Waals surface area contributed by atoms with Crippen molar-refractivity contribution in [2.24, 2.45) is 5.92 Å². The molecule has 3 aliphatic rings. The minimum atomic E-state index is -2.72. The molecule has 0 radical (unpaired) electrons. The van der Waals surface area contributed by atoms with E-state index >= 15 is 0 Å². The number of sulfone groups is 1. The first-order chi connectivity index (χ1) is 8.53. The highest BCUT2D eigenvalue weighted by atomic mass is 32.2. The Hall–Kier alpha value is -0.130. The molecule has 104 valence electrons. The lowest BCUT2D eigenvalue weighted by Gasteiger charge is -2.43. The standard InChI is InChI=1S/C13H24N2O2S/c1-11-7-14-5-2-3-13(14)9-15(11)8-12-4-6-18(16,17)10-12/h11-13H,2-10H2,1H3. The van der Waals surface area contributed by atoms with Crippen LogP contribution in [-0.2, 0) is 9.84 Å². The Labute approximate surface area is 110 Å². The molecule has 0 aromatic heterocycles. The van der Waals surface area contributed by atoms with Gasteiger partial charge < -0.3 is 0 Å². The van der Waals surface area contributed by atoms with Gasteiger partial charge in [0.05, 0.1) is 11.5 Å². The maximum absolute atomic E-state index is 11.5. The maximum Gasteiger partial charge on any atom is 0.150 e. The first-order valence-electron chi connectivity index (χ1n) is 7.22. The van der Waals surface area contributed by atoms with Gasteiger partial charge in [0.25, 0.3) is 0 Å². The molecule has 5 heteroatoms. The van der Waals surface area contributed by atoms with Gasteiger partial charge in [0.15, 0.2) is 9.84 Å². The summed E-state index contributed by atoms with van der Waals surface area (Å²) < 4.78 is 23.0. The Balaban J connectivity index is 1.59. The third-order valence-corrected chi connectivity index (χ3v) is 6.72. The average Bonchev–Trinajstić information content (AvgIpc) is 2.85. The molecule has 0 saturated carbocycles. The van der Waals surface area contributed by atoms with Gasteiger partial charge >= 0.3 is 0 Å². The summed E-state index contributed by atoms with van der Waals surface area (Å²) in [6.45, 7) is 6.87. The van der Waals surface area contributed by atoms with Crippen LogP contribution in [-0.4, -0.2) is 68.0 Å². The highest BCUT2D eigenvalue weighted by Crippen LogP contribution is 2.27. The van der Waals surface area contributed by atoms with Crippen molar-refractivity contribution >= 4 is 9.84 Å². The second kappa shape index (κ2) is 4.76. The largest absolute Gasteiger partial charge is 0.298 e. The van der Waals surface area contributed by atoms with E-state index in [0.717, 1.165) is 25.6 Å². The van der Waals surface area contributed by atoms with Crippen LogP contribution >= 0.6 is 0 Å². The van der Waals surface area contributed by atoms with E-state index in [1.54, 1.807) is 0 Å². The van der Waals surface area contributed by atoms with Crippen LogP contribution in [0, 0.1) is 5.92 Å². The molecule has 0 aromatic carbocycles. The molecule has 3 heterocycles. The molecule has 3 saturated heterocycles. The van der Waals surface area contributed by atoms with Crippen LogP contribution in [0.2, 0.25) is 0 Å². The zero-order valence-electron chi connectivity index (χ0n) is 11.2. The monoisotopic (exact) mass is 272 g/mol. The SMILES string of the molecule is CC1CN2CCCC2CN1CC1CCS(=O)(=O)C1. The molecule has 3 atom stereocenters. The van der Waals surface area contributed by atoms with E-state index in [9.17, 15) is 8.42 Å². The molecule has 3 unspecified atom stereocenters. The topological polar surface area (TPSA) is 40.6 Å². The zero-order chi connectivity index (χ0) is 12.8. The second-order valence-electron chi connectivity index (χ2n) is 6.36. The summed E-state index contributed by atoms with van der Waals surface area (Å²) in [6.07, 6.45) is 3.54. The van der Waals surface area contributed by atoms with Crippen LogP contribution in [0.5, 0.6) is 0 Å². The lowest BCUT2D eigenvalue weighted by molar-refractivity contribution is 0.0505. The minimum absolute atomic E-state index is 0.380. The zero-order valence-corrected chi connectivity index (χ0v) is 12.0. The molecule has 18 heavy (non-hydrogen) atoms. The lowest BCUT2D eigenvalue weighted by Crippen LogP contribution is -2.55. The van der Waals surface area contributed by atoms with Crippen LogP contribution in [0.25, 0.3) is 0 Å². The first-order valence-corrected chi connectivity index (χ1v) is 9.04. The molecule has 3 rings (SSSR count). The van der Waals surface area contributed by atoms with Crippen molar-refractivity contribution in [3.8, 4) is 0 Å². The van der Waals surface area contributed by atoms with Crippen molar-refractivity contribution in [2.75, 3.05) is 37.7 Å². The smallest absolute Gasteiger partial charge is 0.150 e. The molecular formula is C13H24N2O2S. The van der Waals surface area contributed by atoms with Gasteiger partial charge in [-0.15, -0.1) is 0 Å². The van der Waals surface area contributed by atoms with E-state index in [-0.39, 0.29) is 0 Å². The van der Waals surface area contributed by atoms with E-state index in [2.05, 4.69) is 16.7 Å². The van der Waals surface area contributed by atoms with Crippen LogP contribution in [0.4, 0.5) is 0 Å². The normalized spacial score (nSPS) is 41.1.